The second-order valence-corrected chi connectivity index (χ2v) is 7.54. The summed E-state index contributed by atoms with van der Waals surface area (Å²) in [7, 11) is 0. The molecule has 0 spiro atoms. The van der Waals surface area contributed by atoms with Gasteiger partial charge in [-0.3, -0.25) is 14.5 Å². The number of hydrogen-bond acceptors (Lipinski definition) is 3. The molecule has 0 atom stereocenters. The van der Waals surface area contributed by atoms with E-state index in [0.29, 0.717) is 22.0 Å². The topological polar surface area (TPSA) is 86.7 Å². The molecule has 158 valence electrons. The summed E-state index contributed by atoms with van der Waals surface area (Å²) in [6.07, 6.45) is 0. The number of carboxylic acids is 1. The summed E-state index contributed by atoms with van der Waals surface area (Å²) in [5.74, 6) is -1.83. The predicted octanol–water partition coefficient (Wildman–Crippen LogP) is 4.94. The van der Waals surface area contributed by atoms with Crippen molar-refractivity contribution in [1.82, 2.24) is 0 Å². The van der Waals surface area contributed by atoms with Gasteiger partial charge in [0.1, 0.15) is 6.54 Å². The summed E-state index contributed by atoms with van der Waals surface area (Å²) in [6.45, 7) is 3.68. The third-order valence-corrected chi connectivity index (χ3v) is 5.07. The molecule has 6 nitrogen and oxygen atoms in total. The molecule has 3 aromatic rings. The summed E-state index contributed by atoms with van der Waals surface area (Å²) >= 11 is 6.04. The number of halogens is 1. The number of anilines is 2. The van der Waals surface area contributed by atoms with Crippen LogP contribution in [0.2, 0.25) is 5.02 Å². The van der Waals surface area contributed by atoms with Crippen molar-refractivity contribution in [3.05, 3.63) is 94.0 Å². The van der Waals surface area contributed by atoms with Crippen molar-refractivity contribution in [3.8, 4) is 0 Å². The van der Waals surface area contributed by atoms with Crippen LogP contribution in [-0.2, 0) is 4.79 Å². The Bertz CT molecular complexity index is 1140. The minimum atomic E-state index is -1.05. The molecule has 0 bridgehead atoms. The number of aryl methyl sites for hydroxylation is 2. The van der Waals surface area contributed by atoms with Crippen molar-refractivity contribution in [2.45, 2.75) is 13.8 Å². The SMILES string of the molecule is Cc1ccc(N(CC(=O)Nc2ccc(C(=O)O)cc2)C(=O)c2cccc(Cl)c2)cc1C. The molecule has 0 unspecified atom stereocenters. The molecule has 0 heterocycles. The van der Waals surface area contributed by atoms with Crippen LogP contribution in [0, 0.1) is 13.8 Å². The van der Waals surface area contributed by atoms with E-state index in [1.54, 1.807) is 30.3 Å². The zero-order valence-electron chi connectivity index (χ0n) is 17.1. The molecule has 3 rings (SSSR count). The van der Waals surface area contributed by atoms with E-state index in [2.05, 4.69) is 5.32 Å². The number of hydrogen-bond donors (Lipinski definition) is 2. The van der Waals surface area contributed by atoms with Crippen LogP contribution in [0.3, 0.4) is 0 Å². The number of amides is 2. The second-order valence-electron chi connectivity index (χ2n) is 7.10. The highest BCUT2D eigenvalue weighted by Crippen LogP contribution is 2.22. The molecule has 31 heavy (non-hydrogen) atoms. The molecular formula is C24H21ClN2O4. The lowest BCUT2D eigenvalue weighted by Gasteiger charge is -2.23. The molecule has 0 aromatic heterocycles. The van der Waals surface area contributed by atoms with E-state index in [1.165, 1.54) is 29.2 Å². The first-order valence-electron chi connectivity index (χ1n) is 9.52. The fourth-order valence-corrected chi connectivity index (χ4v) is 3.18. The van der Waals surface area contributed by atoms with Crippen molar-refractivity contribution in [2.75, 3.05) is 16.8 Å². The molecular weight excluding hydrogens is 416 g/mol. The number of rotatable bonds is 6. The van der Waals surface area contributed by atoms with Crippen LogP contribution in [0.5, 0.6) is 0 Å². The van der Waals surface area contributed by atoms with Gasteiger partial charge in [0.2, 0.25) is 5.91 Å². The summed E-state index contributed by atoms with van der Waals surface area (Å²) < 4.78 is 0. The molecule has 0 fully saturated rings. The van der Waals surface area contributed by atoms with E-state index in [9.17, 15) is 14.4 Å². The van der Waals surface area contributed by atoms with Gasteiger partial charge in [-0.1, -0.05) is 23.7 Å². The van der Waals surface area contributed by atoms with E-state index >= 15 is 0 Å². The van der Waals surface area contributed by atoms with Gasteiger partial charge in [-0.15, -0.1) is 0 Å². The van der Waals surface area contributed by atoms with E-state index in [-0.39, 0.29) is 18.0 Å². The number of carbonyl (C=O) groups excluding carboxylic acids is 2. The maximum atomic E-state index is 13.2. The van der Waals surface area contributed by atoms with Crippen molar-refractivity contribution >= 4 is 40.8 Å². The Labute approximate surface area is 185 Å². The highest BCUT2D eigenvalue weighted by molar-refractivity contribution is 6.31. The predicted molar refractivity (Wildman–Crippen MR) is 121 cm³/mol. The number of nitrogens with zero attached hydrogens (tertiary/aromatic N) is 1. The monoisotopic (exact) mass is 436 g/mol. The first kappa shape index (κ1) is 22.1. The van der Waals surface area contributed by atoms with Crippen LogP contribution < -0.4 is 10.2 Å². The molecule has 2 amide bonds. The van der Waals surface area contributed by atoms with E-state index in [4.69, 9.17) is 16.7 Å². The van der Waals surface area contributed by atoms with Crippen molar-refractivity contribution in [3.63, 3.8) is 0 Å². The quantitative estimate of drug-likeness (QED) is 0.573. The average Bonchev–Trinajstić information content (AvgIpc) is 2.74. The fraction of sp³-hybridized carbons (Fsp3) is 0.125. The lowest BCUT2D eigenvalue weighted by atomic mass is 10.1. The zero-order chi connectivity index (χ0) is 22.5. The number of aromatic carboxylic acids is 1. The minimum absolute atomic E-state index is 0.117. The molecule has 7 heteroatoms. The van der Waals surface area contributed by atoms with Gasteiger partial charge in [-0.2, -0.15) is 0 Å². The third kappa shape index (κ3) is 5.49. The summed E-state index contributed by atoms with van der Waals surface area (Å²) in [4.78, 5) is 38.3. The van der Waals surface area contributed by atoms with Gasteiger partial charge < -0.3 is 10.4 Å². The number of carbonyl (C=O) groups is 3. The van der Waals surface area contributed by atoms with Gasteiger partial charge in [0.25, 0.3) is 5.91 Å². The standard InChI is InChI=1S/C24H21ClN2O4/c1-15-6-11-21(12-16(15)2)27(23(29)18-4-3-5-19(25)13-18)14-22(28)26-20-9-7-17(8-10-20)24(30)31/h3-13H,14H2,1-2H3,(H,26,28)(H,30,31). The van der Waals surface area contributed by atoms with Gasteiger partial charge >= 0.3 is 5.97 Å². The summed E-state index contributed by atoms with van der Waals surface area (Å²) in [5.41, 5.74) is 3.57. The van der Waals surface area contributed by atoms with Gasteiger partial charge in [0, 0.05) is 22.0 Å². The molecule has 0 radical (unpaired) electrons. The number of nitrogens with one attached hydrogen (secondary N) is 1. The minimum Gasteiger partial charge on any atom is -0.478 e. The van der Waals surface area contributed by atoms with Gasteiger partial charge in [-0.05, 0) is 79.6 Å². The Balaban J connectivity index is 1.86. The normalized spacial score (nSPS) is 10.4. The highest BCUT2D eigenvalue weighted by atomic mass is 35.5. The van der Waals surface area contributed by atoms with E-state index < -0.39 is 11.9 Å². The summed E-state index contributed by atoms with van der Waals surface area (Å²) in [5, 5.41) is 12.1. The maximum absolute atomic E-state index is 13.2. The highest BCUT2D eigenvalue weighted by Gasteiger charge is 2.21. The lowest BCUT2D eigenvalue weighted by Crippen LogP contribution is -2.38. The number of benzene rings is 3. The van der Waals surface area contributed by atoms with Crippen LogP contribution in [0.15, 0.2) is 66.7 Å². The molecule has 3 aromatic carbocycles. The van der Waals surface area contributed by atoms with Gasteiger partial charge in [0.05, 0.1) is 5.56 Å². The summed E-state index contributed by atoms with van der Waals surface area (Å²) in [6, 6.07) is 17.9. The van der Waals surface area contributed by atoms with E-state index in [0.717, 1.165) is 11.1 Å². The lowest BCUT2D eigenvalue weighted by molar-refractivity contribution is -0.114. The van der Waals surface area contributed by atoms with Gasteiger partial charge in [-0.25, -0.2) is 4.79 Å². The van der Waals surface area contributed by atoms with Crippen molar-refractivity contribution in [2.24, 2.45) is 0 Å². The molecule has 0 aliphatic carbocycles. The smallest absolute Gasteiger partial charge is 0.335 e. The molecule has 0 aliphatic heterocycles. The molecule has 2 N–H and O–H groups in total. The van der Waals surface area contributed by atoms with Crippen LogP contribution >= 0.6 is 11.6 Å². The fourth-order valence-electron chi connectivity index (χ4n) is 2.99. The van der Waals surface area contributed by atoms with E-state index in [1.807, 2.05) is 26.0 Å². The average molecular weight is 437 g/mol. The second kappa shape index (κ2) is 9.45. The van der Waals surface area contributed by atoms with Crippen molar-refractivity contribution in [1.29, 1.82) is 0 Å². The largest absolute Gasteiger partial charge is 0.478 e. The van der Waals surface area contributed by atoms with Crippen LogP contribution in [-0.4, -0.2) is 29.4 Å². The van der Waals surface area contributed by atoms with Gasteiger partial charge in [0.15, 0.2) is 0 Å². The number of carboxylic acid groups (broad SMARTS) is 1. The van der Waals surface area contributed by atoms with Crippen LogP contribution in [0.1, 0.15) is 31.8 Å². The Kier molecular flexibility index (Phi) is 6.72. The Morgan fingerprint density at radius 2 is 1.61 bits per heavy atom. The molecule has 0 saturated carbocycles. The van der Waals surface area contributed by atoms with Crippen molar-refractivity contribution < 1.29 is 19.5 Å². The first-order valence-corrected chi connectivity index (χ1v) is 9.90. The Morgan fingerprint density at radius 1 is 0.903 bits per heavy atom. The maximum Gasteiger partial charge on any atom is 0.335 e. The molecule has 0 aliphatic rings. The third-order valence-electron chi connectivity index (χ3n) is 4.84. The van der Waals surface area contributed by atoms with Crippen LogP contribution in [0.25, 0.3) is 0 Å². The van der Waals surface area contributed by atoms with Crippen LogP contribution in [0.4, 0.5) is 11.4 Å². The molecule has 0 saturated heterocycles. The Hall–Kier alpha value is -3.64. The first-order chi connectivity index (χ1) is 14.7. The zero-order valence-corrected chi connectivity index (χ0v) is 17.8. The Morgan fingerprint density at radius 3 is 2.23 bits per heavy atom.